The fraction of sp³-hybridized carbons (Fsp3) is 0.0476. The molecule has 4 rings (SSSR count). The Morgan fingerprint density at radius 3 is 2.57 bits per heavy atom. The molecule has 1 N–H and O–H groups in total. The molecule has 1 aromatic heterocycles. The second-order valence-electron chi connectivity index (χ2n) is 6.03. The van der Waals surface area contributed by atoms with Gasteiger partial charge in [-0.1, -0.05) is 53.5 Å². The molecule has 1 heterocycles. The van der Waals surface area contributed by atoms with E-state index >= 15 is 0 Å². The third-order valence-corrected chi connectivity index (χ3v) is 4.82. The number of hydrogen-bond donors (Lipinski definition) is 1. The zero-order chi connectivity index (χ0) is 19.7. The van der Waals surface area contributed by atoms with Gasteiger partial charge in [0.1, 0.15) is 5.58 Å². The minimum Gasteiger partial charge on any atom is -0.494 e. The third kappa shape index (κ3) is 3.42. The van der Waals surface area contributed by atoms with Crippen molar-refractivity contribution in [2.45, 2.75) is 0 Å². The number of hydrogen-bond acceptors (Lipinski definition) is 4. The van der Waals surface area contributed by atoms with Crippen LogP contribution in [0.3, 0.4) is 0 Å². The summed E-state index contributed by atoms with van der Waals surface area (Å²) in [6.07, 6.45) is 1.44. The van der Waals surface area contributed by atoms with Crippen LogP contribution in [0.4, 0.5) is 0 Å². The van der Waals surface area contributed by atoms with Crippen molar-refractivity contribution in [3.05, 3.63) is 76.0 Å². The molecular formula is C21H14Cl2N2O3. The lowest BCUT2D eigenvalue weighted by molar-refractivity contribution is 0.0929. The molecule has 0 fully saturated rings. The van der Waals surface area contributed by atoms with Gasteiger partial charge < -0.3 is 9.15 Å². The molecule has 0 aliphatic heterocycles. The minimum absolute atomic E-state index is 0.175. The van der Waals surface area contributed by atoms with Crippen molar-refractivity contribution in [3.8, 4) is 5.75 Å². The lowest BCUT2D eigenvalue weighted by Gasteiger charge is -2.06. The van der Waals surface area contributed by atoms with Gasteiger partial charge in [-0.2, -0.15) is 5.10 Å². The Kier molecular flexibility index (Phi) is 4.94. The monoisotopic (exact) mass is 412 g/mol. The van der Waals surface area contributed by atoms with Crippen LogP contribution >= 0.6 is 23.2 Å². The molecule has 0 radical (unpaired) electrons. The summed E-state index contributed by atoms with van der Waals surface area (Å²) in [5.74, 6) is 0.107. The van der Waals surface area contributed by atoms with Crippen LogP contribution in [0.25, 0.3) is 21.7 Å². The van der Waals surface area contributed by atoms with E-state index in [9.17, 15) is 4.79 Å². The number of halogens is 2. The van der Waals surface area contributed by atoms with E-state index < -0.39 is 5.91 Å². The highest BCUT2D eigenvalue weighted by Crippen LogP contribution is 2.33. The second-order valence-corrected chi connectivity index (χ2v) is 6.84. The van der Waals surface area contributed by atoms with Crippen molar-refractivity contribution in [3.63, 3.8) is 0 Å². The Labute approximate surface area is 170 Å². The number of benzene rings is 3. The van der Waals surface area contributed by atoms with Crippen LogP contribution < -0.4 is 10.2 Å². The number of methoxy groups -OCH3 is 1. The van der Waals surface area contributed by atoms with Gasteiger partial charge in [-0.05, 0) is 40.6 Å². The van der Waals surface area contributed by atoms with Crippen molar-refractivity contribution >= 4 is 57.1 Å². The summed E-state index contributed by atoms with van der Waals surface area (Å²) >= 11 is 12.2. The average molecular weight is 413 g/mol. The zero-order valence-electron chi connectivity index (χ0n) is 14.7. The van der Waals surface area contributed by atoms with Crippen molar-refractivity contribution in [1.82, 2.24) is 5.43 Å². The molecule has 0 saturated carbocycles. The van der Waals surface area contributed by atoms with Crippen LogP contribution in [0, 0.1) is 0 Å². The number of amides is 1. The summed E-state index contributed by atoms with van der Waals surface area (Å²) in [6, 6.07) is 16.7. The molecule has 1 amide bonds. The van der Waals surface area contributed by atoms with E-state index in [1.165, 1.54) is 13.3 Å². The molecule has 0 atom stereocenters. The Balaban J connectivity index is 1.55. The lowest BCUT2D eigenvalue weighted by atomic mass is 10.1. The highest BCUT2D eigenvalue weighted by molar-refractivity contribution is 6.37. The van der Waals surface area contributed by atoms with Gasteiger partial charge in [0.25, 0.3) is 0 Å². The first-order valence-electron chi connectivity index (χ1n) is 8.34. The Morgan fingerprint density at radius 1 is 1.07 bits per heavy atom. The number of hydrazone groups is 1. The summed E-state index contributed by atoms with van der Waals surface area (Å²) in [5, 5.41) is 7.63. The summed E-state index contributed by atoms with van der Waals surface area (Å²) in [4.78, 5) is 12.4. The number of nitrogens with one attached hydrogen (secondary N) is 1. The molecule has 0 unspecified atom stereocenters. The van der Waals surface area contributed by atoms with Gasteiger partial charge >= 0.3 is 5.91 Å². The van der Waals surface area contributed by atoms with E-state index in [2.05, 4.69) is 10.5 Å². The van der Waals surface area contributed by atoms with Gasteiger partial charge in [0, 0.05) is 5.39 Å². The second kappa shape index (κ2) is 7.54. The van der Waals surface area contributed by atoms with Crippen molar-refractivity contribution < 1.29 is 13.9 Å². The first kappa shape index (κ1) is 18.3. The molecular weight excluding hydrogens is 399 g/mol. The Bertz CT molecular complexity index is 1210. The van der Waals surface area contributed by atoms with E-state index in [1.807, 2.05) is 36.4 Å². The number of fused-ring (bicyclic) bond motifs is 3. The number of ether oxygens (including phenoxy) is 1. The van der Waals surface area contributed by atoms with Crippen LogP contribution in [-0.2, 0) is 0 Å². The first-order valence-corrected chi connectivity index (χ1v) is 9.10. The van der Waals surface area contributed by atoms with E-state index in [0.717, 1.165) is 16.2 Å². The minimum atomic E-state index is -0.456. The van der Waals surface area contributed by atoms with Crippen LogP contribution in [-0.4, -0.2) is 19.2 Å². The molecule has 0 aliphatic carbocycles. The number of rotatable bonds is 4. The molecule has 0 bridgehead atoms. The maximum Gasteiger partial charge on any atom is 0.307 e. The highest BCUT2D eigenvalue weighted by atomic mass is 35.5. The largest absolute Gasteiger partial charge is 0.494 e. The van der Waals surface area contributed by atoms with Crippen molar-refractivity contribution in [1.29, 1.82) is 0 Å². The molecule has 140 valence electrons. The molecule has 28 heavy (non-hydrogen) atoms. The summed E-state index contributed by atoms with van der Waals surface area (Å²) in [6.45, 7) is 0. The molecule has 0 spiro atoms. The van der Waals surface area contributed by atoms with Gasteiger partial charge in [-0.25, -0.2) is 5.43 Å². The standard InChI is InChI=1S/C21H14Cl2N2O3/c1-27-20-16(22)8-12(9-17(20)23)11-24-25-21(26)19-10-15-14-5-3-2-4-13(14)6-7-18(15)28-19/h2-11H,1H3,(H,25,26)/b24-11-. The first-order chi connectivity index (χ1) is 13.6. The Morgan fingerprint density at radius 2 is 1.82 bits per heavy atom. The Hall–Kier alpha value is -3.02. The van der Waals surface area contributed by atoms with Gasteiger partial charge in [0.15, 0.2) is 11.5 Å². The van der Waals surface area contributed by atoms with E-state index in [4.69, 9.17) is 32.4 Å². The normalized spacial score (nSPS) is 11.4. The fourth-order valence-corrected chi connectivity index (χ4v) is 3.63. The zero-order valence-corrected chi connectivity index (χ0v) is 16.2. The number of furan rings is 1. The maximum absolute atomic E-state index is 12.4. The quantitative estimate of drug-likeness (QED) is 0.347. The molecule has 7 heteroatoms. The molecule has 3 aromatic carbocycles. The smallest absolute Gasteiger partial charge is 0.307 e. The molecule has 5 nitrogen and oxygen atoms in total. The topological polar surface area (TPSA) is 63.8 Å². The molecule has 0 aliphatic rings. The number of carbonyl (C=O) groups excluding carboxylic acids is 1. The van der Waals surface area contributed by atoms with E-state index in [0.29, 0.717) is 26.9 Å². The van der Waals surface area contributed by atoms with Crippen molar-refractivity contribution in [2.24, 2.45) is 5.10 Å². The summed E-state index contributed by atoms with van der Waals surface area (Å²) in [7, 11) is 1.48. The molecule has 0 saturated heterocycles. The maximum atomic E-state index is 12.4. The van der Waals surface area contributed by atoms with Gasteiger partial charge in [-0.15, -0.1) is 0 Å². The third-order valence-electron chi connectivity index (χ3n) is 4.25. The van der Waals surface area contributed by atoms with Gasteiger partial charge in [0.2, 0.25) is 0 Å². The number of carbonyl (C=O) groups is 1. The number of nitrogens with zero attached hydrogens (tertiary/aromatic N) is 1. The predicted octanol–water partition coefficient (Wildman–Crippen LogP) is 5.67. The van der Waals surface area contributed by atoms with Crippen molar-refractivity contribution in [2.75, 3.05) is 7.11 Å². The highest BCUT2D eigenvalue weighted by Gasteiger charge is 2.13. The van der Waals surface area contributed by atoms with Gasteiger partial charge in [0.05, 0.1) is 23.4 Å². The van der Waals surface area contributed by atoms with Crippen LogP contribution in [0.2, 0.25) is 10.0 Å². The van der Waals surface area contributed by atoms with Crippen LogP contribution in [0.1, 0.15) is 16.1 Å². The van der Waals surface area contributed by atoms with Crippen LogP contribution in [0.15, 0.2) is 64.1 Å². The fourth-order valence-electron chi connectivity index (χ4n) is 2.97. The average Bonchev–Trinajstić information content (AvgIpc) is 3.13. The molecule has 4 aromatic rings. The van der Waals surface area contributed by atoms with Crippen LogP contribution in [0.5, 0.6) is 5.75 Å². The summed E-state index contributed by atoms with van der Waals surface area (Å²) < 4.78 is 10.8. The van der Waals surface area contributed by atoms with E-state index in [-0.39, 0.29) is 5.76 Å². The predicted molar refractivity (Wildman–Crippen MR) is 112 cm³/mol. The summed E-state index contributed by atoms with van der Waals surface area (Å²) in [5.41, 5.74) is 3.70. The SMILES string of the molecule is COc1c(Cl)cc(/C=N\NC(=O)c2cc3c(ccc4ccccc43)o2)cc1Cl. The lowest BCUT2D eigenvalue weighted by Crippen LogP contribution is -2.16. The van der Waals surface area contributed by atoms with E-state index in [1.54, 1.807) is 18.2 Å². The van der Waals surface area contributed by atoms with Gasteiger partial charge in [-0.3, -0.25) is 4.79 Å².